The number of anilines is 1. The molecule has 1 amide bonds. The van der Waals surface area contributed by atoms with Crippen molar-refractivity contribution in [3.63, 3.8) is 0 Å². The second kappa shape index (κ2) is 9.02. The summed E-state index contributed by atoms with van der Waals surface area (Å²) in [6.45, 7) is 0. The zero-order valence-corrected chi connectivity index (χ0v) is 19.0. The third kappa shape index (κ3) is 4.33. The topological polar surface area (TPSA) is 101 Å². The summed E-state index contributed by atoms with van der Waals surface area (Å²) in [6, 6.07) is 2.69. The molecule has 1 fully saturated rings. The van der Waals surface area contributed by atoms with Crippen molar-refractivity contribution in [1.29, 1.82) is 0 Å². The van der Waals surface area contributed by atoms with Crippen molar-refractivity contribution in [1.82, 2.24) is 29.8 Å². The number of halogens is 3. The minimum atomic E-state index is -0.589. The van der Waals surface area contributed by atoms with E-state index in [2.05, 4.69) is 30.6 Å². The second-order valence-electron chi connectivity index (χ2n) is 8.47. The average molecular weight is 486 g/mol. The van der Waals surface area contributed by atoms with Crippen LogP contribution in [0.15, 0.2) is 37.1 Å². The van der Waals surface area contributed by atoms with Gasteiger partial charge in [0.1, 0.15) is 11.5 Å². The minimum Gasteiger partial charge on any atom is -0.365 e. The molecule has 0 spiro atoms. The molecule has 176 valence electrons. The number of carbonyl (C=O) groups excluding carboxylic acids is 1. The number of fused-ring (bicyclic) bond motifs is 1. The van der Waals surface area contributed by atoms with E-state index < -0.39 is 11.6 Å². The number of aromatic amines is 1. The number of aromatic nitrogens is 5. The summed E-state index contributed by atoms with van der Waals surface area (Å²) in [6.07, 6.45) is 8.90. The first-order chi connectivity index (χ1) is 16.4. The number of carbonyl (C=O) groups is 1. The van der Waals surface area contributed by atoms with Gasteiger partial charge in [-0.2, -0.15) is 0 Å². The molecule has 1 aliphatic carbocycles. The quantitative estimate of drug-likeness (QED) is 0.388. The molecule has 0 saturated heterocycles. The lowest BCUT2D eigenvalue weighted by Gasteiger charge is -2.30. The summed E-state index contributed by atoms with van der Waals surface area (Å²) < 4.78 is 30.5. The molecule has 0 radical (unpaired) electrons. The van der Waals surface area contributed by atoms with Crippen molar-refractivity contribution in [3.05, 3.63) is 59.4 Å². The molecule has 0 bridgehead atoms. The normalized spacial score (nSPS) is 18.2. The summed E-state index contributed by atoms with van der Waals surface area (Å²) in [5.74, 6) is -0.963. The van der Waals surface area contributed by atoms with Crippen molar-refractivity contribution < 1.29 is 13.6 Å². The number of benzene rings is 1. The van der Waals surface area contributed by atoms with E-state index in [1.54, 1.807) is 30.2 Å². The summed E-state index contributed by atoms with van der Waals surface area (Å²) in [4.78, 5) is 27.8. The van der Waals surface area contributed by atoms with Crippen LogP contribution in [0.25, 0.3) is 22.3 Å². The molecule has 1 aromatic carbocycles. The van der Waals surface area contributed by atoms with E-state index in [4.69, 9.17) is 11.6 Å². The van der Waals surface area contributed by atoms with Crippen LogP contribution in [0.5, 0.6) is 0 Å². The highest BCUT2D eigenvalue weighted by molar-refractivity contribution is 6.31. The molecular weight excluding hydrogens is 464 g/mol. The van der Waals surface area contributed by atoms with Crippen molar-refractivity contribution in [2.45, 2.75) is 37.8 Å². The molecule has 0 aliphatic heterocycles. The first-order valence-electron chi connectivity index (χ1n) is 10.9. The van der Waals surface area contributed by atoms with Gasteiger partial charge in [0.15, 0.2) is 17.5 Å². The van der Waals surface area contributed by atoms with Gasteiger partial charge in [0.2, 0.25) is 0 Å². The third-order valence-electron chi connectivity index (χ3n) is 6.09. The van der Waals surface area contributed by atoms with Crippen LogP contribution in [0.3, 0.4) is 0 Å². The van der Waals surface area contributed by atoms with Crippen molar-refractivity contribution in [2.24, 2.45) is 7.05 Å². The number of amides is 1. The van der Waals surface area contributed by atoms with Crippen LogP contribution >= 0.6 is 11.6 Å². The van der Waals surface area contributed by atoms with Gasteiger partial charge < -0.3 is 20.2 Å². The zero-order valence-electron chi connectivity index (χ0n) is 18.3. The fourth-order valence-corrected chi connectivity index (χ4v) is 4.62. The molecule has 3 heterocycles. The smallest absolute Gasteiger partial charge is 0.269 e. The zero-order chi connectivity index (χ0) is 23.8. The standard InChI is InChI=1S/C23H22ClF2N7O/c1-33-11-27-10-19(33)23(34)31-14-4-2-3-13(7-14)30-22-18(26)9-29-21(32-22)16-8-28-20-15(16)5-12(24)6-17(20)25/h5-6,8-11,13-14,28H,2-4,7H2,1H3,(H,31,34)(H,29,30,32)/t13-,14+/m0/s1. The number of nitrogens with zero attached hydrogens (tertiary/aromatic N) is 4. The monoisotopic (exact) mass is 485 g/mol. The maximum Gasteiger partial charge on any atom is 0.269 e. The highest BCUT2D eigenvalue weighted by atomic mass is 35.5. The molecular formula is C23H22ClF2N7O. The number of hydrogen-bond donors (Lipinski definition) is 3. The highest BCUT2D eigenvalue weighted by Gasteiger charge is 2.26. The summed E-state index contributed by atoms with van der Waals surface area (Å²) in [5, 5.41) is 6.96. The molecule has 3 aromatic heterocycles. The number of imidazole rings is 1. The van der Waals surface area contributed by atoms with E-state index in [9.17, 15) is 13.6 Å². The van der Waals surface area contributed by atoms with Crippen LogP contribution in [-0.4, -0.2) is 42.5 Å². The number of hydrogen-bond acceptors (Lipinski definition) is 5. The van der Waals surface area contributed by atoms with Crippen LogP contribution in [0.2, 0.25) is 5.02 Å². The fraction of sp³-hybridized carbons (Fsp3) is 0.304. The minimum absolute atomic E-state index is 0.0586. The van der Waals surface area contributed by atoms with E-state index in [0.29, 0.717) is 23.1 Å². The Hall–Kier alpha value is -3.53. The fourth-order valence-electron chi connectivity index (χ4n) is 4.42. The molecule has 34 heavy (non-hydrogen) atoms. The van der Waals surface area contributed by atoms with Crippen molar-refractivity contribution in [3.8, 4) is 11.4 Å². The molecule has 1 aliphatic rings. The van der Waals surface area contributed by atoms with Crippen LogP contribution in [0.4, 0.5) is 14.6 Å². The lowest BCUT2D eigenvalue weighted by Crippen LogP contribution is -2.42. The highest BCUT2D eigenvalue weighted by Crippen LogP contribution is 2.31. The molecule has 8 nitrogen and oxygen atoms in total. The number of H-pyrrole nitrogens is 1. The SMILES string of the molecule is Cn1cncc1C(=O)N[C@@H]1CCC[C@H](Nc2nc(-c3c[nH]c4c(F)cc(Cl)cc34)ncc2F)C1. The van der Waals surface area contributed by atoms with Crippen LogP contribution < -0.4 is 10.6 Å². The van der Waals surface area contributed by atoms with Gasteiger partial charge in [-0.1, -0.05) is 11.6 Å². The second-order valence-corrected chi connectivity index (χ2v) is 8.91. The molecule has 5 rings (SSSR count). The van der Waals surface area contributed by atoms with E-state index >= 15 is 0 Å². The molecule has 2 atom stereocenters. The lowest BCUT2D eigenvalue weighted by molar-refractivity contribution is 0.0918. The number of rotatable bonds is 5. The van der Waals surface area contributed by atoms with E-state index in [1.165, 1.54) is 12.3 Å². The Kier molecular flexibility index (Phi) is 5.91. The van der Waals surface area contributed by atoms with E-state index in [0.717, 1.165) is 25.5 Å². The maximum absolute atomic E-state index is 14.6. The van der Waals surface area contributed by atoms with Gasteiger partial charge in [-0.15, -0.1) is 0 Å². The van der Waals surface area contributed by atoms with Gasteiger partial charge in [0.25, 0.3) is 5.91 Å². The van der Waals surface area contributed by atoms with E-state index in [1.807, 2.05) is 0 Å². The molecule has 11 heteroatoms. The Bertz CT molecular complexity index is 1370. The van der Waals surface area contributed by atoms with Gasteiger partial charge in [-0.05, 0) is 37.8 Å². The Balaban J connectivity index is 1.33. The Labute approximate surface area is 198 Å². The number of aryl methyl sites for hydroxylation is 1. The van der Waals surface area contributed by atoms with E-state index in [-0.39, 0.29) is 40.2 Å². The van der Waals surface area contributed by atoms with Crippen molar-refractivity contribution in [2.75, 3.05) is 5.32 Å². The average Bonchev–Trinajstić information content (AvgIpc) is 3.42. The van der Waals surface area contributed by atoms with Gasteiger partial charge in [-0.25, -0.2) is 23.7 Å². The molecule has 4 aromatic rings. The maximum atomic E-state index is 14.6. The van der Waals surface area contributed by atoms with Crippen LogP contribution in [-0.2, 0) is 7.05 Å². The molecule has 0 unspecified atom stereocenters. The van der Waals surface area contributed by atoms with Crippen molar-refractivity contribution >= 4 is 34.2 Å². The lowest BCUT2D eigenvalue weighted by atomic mass is 9.91. The van der Waals surface area contributed by atoms with Gasteiger partial charge in [-0.3, -0.25) is 4.79 Å². The first-order valence-corrected chi connectivity index (χ1v) is 11.3. The van der Waals surface area contributed by atoms with Gasteiger partial charge in [0, 0.05) is 41.3 Å². The van der Waals surface area contributed by atoms with Crippen LogP contribution in [0, 0.1) is 11.6 Å². The Morgan fingerprint density at radius 1 is 1.21 bits per heavy atom. The third-order valence-corrected chi connectivity index (χ3v) is 6.31. The first kappa shape index (κ1) is 22.3. The summed E-state index contributed by atoms with van der Waals surface area (Å²) in [7, 11) is 1.76. The van der Waals surface area contributed by atoms with Gasteiger partial charge >= 0.3 is 0 Å². The predicted octanol–water partition coefficient (Wildman–Crippen LogP) is 4.44. The molecule has 3 N–H and O–H groups in total. The number of nitrogens with one attached hydrogen (secondary N) is 3. The van der Waals surface area contributed by atoms with Crippen LogP contribution in [0.1, 0.15) is 36.2 Å². The molecule has 1 saturated carbocycles. The predicted molar refractivity (Wildman–Crippen MR) is 125 cm³/mol. The Morgan fingerprint density at radius 2 is 2.03 bits per heavy atom. The van der Waals surface area contributed by atoms with Gasteiger partial charge in [0.05, 0.1) is 24.2 Å². The Morgan fingerprint density at radius 3 is 2.82 bits per heavy atom. The largest absolute Gasteiger partial charge is 0.365 e. The summed E-state index contributed by atoms with van der Waals surface area (Å²) >= 11 is 6.01. The summed E-state index contributed by atoms with van der Waals surface area (Å²) in [5.41, 5.74) is 1.28.